The number of aromatic amines is 1. The van der Waals surface area contributed by atoms with Crippen LogP contribution in [0, 0.1) is 11.6 Å². The number of likely N-dealkylation sites (N-methyl/N-ethyl adjacent to an activating group) is 1. The summed E-state index contributed by atoms with van der Waals surface area (Å²) in [6.07, 6.45) is 0.508. The maximum Gasteiger partial charge on any atom is 0.239 e. The van der Waals surface area contributed by atoms with Gasteiger partial charge in [0.2, 0.25) is 11.8 Å². The number of carbonyl (C=O) groups is 2. The Morgan fingerprint density at radius 1 is 1.07 bits per heavy atom. The number of H-pyrrole nitrogens is 1. The van der Waals surface area contributed by atoms with Crippen molar-refractivity contribution in [3.63, 3.8) is 0 Å². The molecule has 0 aliphatic carbocycles. The summed E-state index contributed by atoms with van der Waals surface area (Å²) in [6, 6.07) is 10.4. The highest BCUT2D eigenvalue weighted by Gasteiger charge is 2.18. The Labute approximate surface area is 174 Å². The molecule has 0 saturated heterocycles. The Balaban J connectivity index is 1.83. The van der Waals surface area contributed by atoms with E-state index in [1.807, 2.05) is 13.8 Å². The number of hydrogen-bond donors (Lipinski definition) is 2. The van der Waals surface area contributed by atoms with Crippen molar-refractivity contribution in [2.24, 2.45) is 0 Å². The number of halogens is 2. The Kier molecular flexibility index (Phi) is 6.50. The normalized spacial score (nSPS) is 11.1. The molecule has 3 aromatic rings. The van der Waals surface area contributed by atoms with Crippen molar-refractivity contribution >= 4 is 22.7 Å². The summed E-state index contributed by atoms with van der Waals surface area (Å²) in [5, 5.41) is 3.44. The molecular formula is C23H25F2N3O2. The minimum Gasteiger partial charge on any atom is -0.354 e. The Morgan fingerprint density at radius 3 is 2.40 bits per heavy atom. The minimum absolute atomic E-state index is 0.000358. The summed E-state index contributed by atoms with van der Waals surface area (Å²) >= 11 is 0. The van der Waals surface area contributed by atoms with Crippen molar-refractivity contribution in [2.45, 2.75) is 32.7 Å². The van der Waals surface area contributed by atoms with Gasteiger partial charge in [-0.05, 0) is 73.9 Å². The van der Waals surface area contributed by atoms with Crippen LogP contribution in [-0.4, -0.2) is 41.3 Å². The third-order valence-electron chi connectivity index (χ3n) is 4.85. The van der Waals surface area contributed by atoms with Crippen molar-refractivity contribution in [1.82, 2.24) is 15.2 Å². The molecule has 2 amide bonds. The fraction of sp³-hybridized carbons (Fsp3) is 0.304. The molecule has 0 spiro atoms. The van der Waals surface area contributed by atoms with Gasteiger partial charge in [-0.15, -0.1) is 0 Å². The lowest BCUT2D eigenvalue weighted by Crippen LogP contribution is -2.40. The van der Waals surface area contributed by atoms with Gasteiger partial charge in [-0.2, -0.15) is 0 Å². The summed E-state index contributed by atoms with van der Waals surface area (Å²) < 4.78 is 27.2. The fourth-order valence-electron chi connectivity index (χ4n) is 3.44. The Hall–Kier alpha value is -3.22. The summed E-state index contributed by atoms with van der Waals surface area (Å²) in [5.41, 5.74) is 3.00. The smallest absolute Gasteiger partial charge is 0.239 e. The molecule has 2 N–H and O–H groups in total. The summed E-state index contributed by atoms with van der Waals surface area (Å²) in [4.78, 5) is 29.1. The summed E-state index contributed by atoms with van der Waals surface area (Å²) in [5.74, 6) is -1.13. The molecule has 158 valence electrons. The van der Waals surface area contributed by atoms with Crippen LogP contribution in [-0.2, 0) is 16.0 Å². The third kappa shape index (κ3) is 5.03. The van der Waals surface area contributed by atoms with Gasteiger partial charge in [-0.25, -0.2) is 8.78 Å². The standard InChI is InChI=1S/C23H25F2N3O2/c1-14(2)26-21(29)13-28(3)22(30)11-9-18-19-12-17(25)8-10-20(19)27-23(18)15-4-6-16(24)7-5-15/h4-8,10,12,14,27H,9,11,13H2,1-3H3,(H,26,29). The monoisotopic (exact) mass is 413 g/mol. The van der Waals surface area contributed by atoms with E-state index in [0.29, 0.717) is 11.8 Å². The highest BCUT2D eigenvalue weighted by molar-refractivity contribution is 5.92. The van der Waals surface area contributed by atoms with Crippen molar-refractivity contribution in [2.75, 3.05) is 13.6 Å². The van der Waals surface area contributed by atoms with Crippen LogP contribution in [0.3, 0.4) is 0 Å². The molecule has 0 fully saturated rings. The van der Waals surface area contributed by atoms with E-state index in [-0.39, 0.29) is 42.5 Å². The zero-order chi connectivity index (χ0) is 21.8. The van der Waals surface area contributed by atoms with Gasteiger partial charge in [0.1, 0.15) is 11.6 Å². The summed E-state index contributed by atoms with van der Waals surface area (Å²) in [7, 11) is 1.58. The van der Waals surface area contributed by atoms with Crippen LogP contribution in [0.25, 0.3) is 22.2 Å². The molecule has 0 saturated carbocycles. The molecule has 3 rings (SSSR count). The van der Waals surface area contributed by atoms with Crippen LogP contribution in [0.2, 0.25) is 0 Å². The van der Waals surface area contributed by atoms with Crippen molar-refractivity contribution < 1.29 is 18.4 Å². The number of hydrogen-bond acceptors (Lipinski definition) is 2. The second-order valence-electron chi connectivity index (χ2n) is 7.65. The van der Waals surface area contributed by atoms with Crippen LogP contribution >= 0.6 is 0 Å². The lowest BCUT2D eigenvalue weighted by atomic mass is 10.0. The van der Waals surface area contributed by atoms with Crippen LogP contribution in [0.4, 0.5) is 8.78 Å². The number of nitrogens with zero attached hydrogens (tertiary/aromatic N) is 1. The molecular weight excluding hydrogens is 388 g/mol. The molecule has 7 heteroatoms. The number of carbonyl (C=O) groups excluding carboxylic acids is 2. The predicted molar refractivity (Wildman–Crippen MR) is 113 cm³/mol. The van der Waals surface area contributed by atoms with Gasteiger partial charge in [-0.3, -0.25) is 9.59 Å². The highest BCUT2D eigenvalue weighted by atomic mass is 19.1. The number of fused-ring (bicyclic) bond motifs is 1. The average Bonchev–Trinajstić information content (AvgIpc) is 3.03. The van der Waals surface area contributed by atoms with Crippen LogP contribution in [0.5, 0.6) is 0 Å². The van der Waals surface area contributed by atoms with Crippen molar-refractivity contribution in [3.05, 3.63) is 59.7 Å². The van der Waals surface area contributed by atoms with Gasteiger partial charge in [0.05, 0.1) is 6.54 Å². The van der Waals surface area contributed by atoms with Gasteiger partial charge in [0.25, 0.3) is 0 Å². The van der Waals surface area contributed by atoms with E-state index in [9.17, 15) is 18.4 Å². The van der Waals surface area contributed by atoms with E-state index in [1.54, 1.807) is 25.2 Å². The average molecular weight is 413 g/mol. The minimum atomic E-state index is -0.373. The fourth-order valence-corrected chi connectivity index (χ4v) is 3.44. The summed E-state index contributed by atoms with van der Waals surface area (Å²) in [6.45, 7) is 3.68. The van der Waals surface area contributed by atoms with Gasteiger partial charge < -0.3 is 15.2 Å². The van der Waals surface area contributed by atoms with Gasteiger partial charge in [-0.1, -0.05) is 0 Å². The van der Waals surface area contributed by atoms with Gasteiger partial charge in [0, 0.05) is 36.1 Å². The number of benzene rings is 2. The van der Waals surface area contributed by atoms with Crippen molar-refractivity contribution in [3.8, 4) is 11.3 Å². The Bertz CT molecular complexity index is 1060. The molecule has 5 nitrogen and oxygen atoms in total. The number of nitrogens with one attached hydrogen (secondary N) is 2. The van der Waals surface area contributed by atoms with Crippen molar-refractivity contribution in [1.29, 1.82) is 0 Å². The number of aromatic nitrogens is 1. The molecule has 2 aromatic carbocycles. The largest absolute Gasteiger partial charge is 0.354 e. The van der Waals surface area contributed by atoms with Gasteiger partial charge in [0.15, 0.2) is 0 Å². The molecule has 30 heavy (non-hydrogen) atoms. The molecule has 0 unspecified atom stereocenters. The maximum atomic E-state index is 13.9. The van der Waals surface area contributed by atoms with E-state index in [0.717, 1.165) is 22.3 Å². The first-order valence-electron chi connectivity index (χ1n) is 9.84. The first kappa shape index (κ1) is 21.5. The topological polar surface area (TPSA) is 65.2 Å². The van der Waals surface area contributed by atoms with E-state index < -0.39 is 0 Å². The second-order valence-corrected chi connectivity index (χ2v) is 7.65. The SMILES string of the molecule is CC(C)NC(=O)CN(C)C(=O)CCc1c(-c2ccc(F)cc2)[nH]c2ccc(F)cc12. The number of amides is 2. The van der Waals surface area contributed by atoms with E-state index in [2.05, 4.69) is 10.3 Å². The maximum absolute atomic E-state index is 13.9. The van der Waals surface area contributed by atoms with Crippen LogP contribution in [0.1, 0.15) is 25.8 Å². The van der Waals surface area contributed by atoms with Crippen LogP contribution < -0.4 is 5.32 Å². The first-order chi connectivity index (χ1) is 14.2. The highest BCUT2D eigenvalue weighted by Crippen LogP contribution is 2.32. The molecule has 0 bridgehead atoms. The second kappa shape index (κ2) is 9.07. The zero-order valence-corrected chi connectivity index (χ0v) is 17.3. The van der Waals surface area contributed by atoms with Gasteiger partial charge >= 0.3 is 0 Å². The molecule has 0 aliphatic rings. The third-order valence-corrected chi connectivity index (χ3v) is 4.85. The van der Waals surface area contributed by atoms with E-state index in [1.165, 1.54) is 29.2 Å². The zero-order valence-electron chi connectivity index (χ0n) is 17.3. The molecule has 0 aliphatic heterocycles. The number of aryl methyl sites for hydroxylation is 1. The molecule has 0 atom stereocenters. The van der Waals surface area contributed by atoms with Crippen LogP contribution in [0.15, 0.2) is 42.5 Å². The van der Waals surface area contributed by atoms with E-state index in [4.69, 9.17) is 0 Å². The predicted octanol–water partition coefficient (Wildman–Crippen LogP) is 4.03. The van der Waals surface area contributed by atoms with E-state index >= 15 is 0 Å². The lowest BCUT2D eigenvalue weighted by molar-refractivity contribution is -0.134. The molecule has 1 heterocycles. The first-order valence-corrected chi connectivity index (χ1v) is 9.84. The Morgan fingerprint density at radius 2 is 1.73 bits per heavy atom. The molecule has 0 radical (unpaired) electrons. The molecule has 1 aromatic heterocycles. The lowest BCUT2D eigenvalue weighted by Gasteiger charge is -2.18. The number of rotatable bonds is 7. The quantitative estimate of drug-likeness (QED) is 0.614.